The molecule has 3 rings (SSSR count). The third kappa shape index (κ3) is 6.49. The van der Waals surface area contributed by atoms with Crippen molar-refractivity contribution in [2.45, 2.75) is 19.5 Å². The number of aliphatic imine (C=N–C) groups is 1. The number of hydrogen-bond acceptors (Lipinski definition) is 4. The molecule has 1 unspecified atom stereocenters. The quantitative estimate of drug-likeness (QED) is 0.356. The van der Waals surface area contributed by atoms with Gasteiger partial charge in [-0.1, -0.05) is 24.3 Å². The Morgan fingerprint density at radius 2 is 2.04 bits per heavy atom. The monoisotopic (exact) mass is 503 g/mol. The summed E-state index contributed by atoms with van der Waals surface area (Å²) in [6, 6.07) is 10.1. The fourth-order valence-electron chi connectivity index (χ4n) is 3.13. The molecule has 1 aromatic carbocycles. The number of nitrogens with zero attached hydrogens (tertiary/aromatic N) is 3. The molecule has 1 aliphatic heterocycles. The van der Waals surface area contributed by atoms with Crippen LogP contribution < -0.4 is 10.6 Å². The maximum Gasteiger partial charge on any atom is 0.191 e. The lowest BCUT2D eigenvalue weighted by Gasteiger charge is -2.16. The fraction of sp³-hybridized carbons (Fsp3) is 0.444. The molecule has 2 aromatic rings. The number of sulfone groups is 1. The molecule has 1 fully saturated rings. The first kappa shape index (κ1) is 21.7. The fourth-order valence-corrected chi connectivity index (χ4v) is 4.99. The number of hydrogen-bond donors (Lipinski definition) is 2. The van der Waals surface area contributed by atoms with E-state index in [1.54, 1.807) is 13.2 Å². The zero-order chi connectivity index (χ0) is 18.4. The van der Waals surface area contributed by atoms with Gasteiger partial charge in [0.05, 0.1) is 18.1 Å². The Morgan fingerprint density at radius 1 is 1.26 bits per heavy atom. The van der Waals surface area contributed by atoms with Crippen LogP contribution in [0.5, 0.6) is 0 Å². The third-order valence-corrected chi connectivity index (χ3v) is 6.40. The Bertz CT molecular complexity index is 852. The van der Waals surface area contributed by atoms with Crippen molar-refractivity contribution in [3.8, 4) is 0 Å². The molecular formula is C18H26IN5O2S. The van der Waals surface area contributed by atoms with Crippen molar-refractivity contribution in [2.75, 3.05) is 25.1 Å². The minimum absolute atomic E-state index is 0. The number of aromatic nitrogens is 2. The van der Waals surface area contributed by atoms with Crippen molar-refractivity contribution < 1.29 is 8.42 Å². The predicted molar refractivity (Wildman–Crippen MR) is 118 cm³/mol. The number of benzene rings is 1. The molecule has 0 bridgehead atoms. The lowest BCUT2D eigenvalue weighted by atomic mass is 10.1. The Hall–Kier alpha value is -1.62. The van der Waals surface area contributed by atoms with Gasteiger partial charge in [-0.15, -0.1) is 24.0 Å². The van der Waals surface area contributed by atoms with Gasteiger partial charge in [-0.3, -0.25) is 9.67 Å². The van der Waals surface area contributed by atoms with E-state index < -0.39 is 9.84 Å². The second-order valence-electron chi connectivity index (χ2n) is 6.55. The summed E-state index contributed by atoms with van der Waals surface area (Å²) in [5.74, 6) is 1.41. The molecule has 0 saturated carbocycles. The highest BCUT2D eigenvalue weighted by Gasteiger charge is 2.27. The normalized spacial score (nSPS) is 18.7. The van der Waals surface area contributed by atoms with Gasteiger partial charge in [0.15, 0.2) is 15.8 Å². The SMILES string of the molecule is CN=C(NCc1ccccc1Cn1cccn1)NCC1CCS(=O)(=O)C1.I. The van der Waals surface area contributed by atoms with E-state index in [1.165, 1.54) is 11.1 Å². The average molecular weight is 503 g/mol. The number of guanidine groups is 1. The molecule has 0 spiro atoms. The number of rotatable bonds is 6. The van der Waals surface area contributed by atoms with E-state index in [0.717, 1.165) is 13.0 Å². The van der Waals surface area contributed by atoms with Crippen molar-refractivity contribution in [1.29, 1.82) is 0 Å². The first-order chi connectivity index (χ1) is 12.6. The molecule has 2 heterocycles. The van der Waals surface area contributed by atoms with Crippen molar-refractivity contribution in [2.24, 2.45) is 10.9 Å². The summed E-state index contributed by atoms with van der Waals surface area (Å²) in [6.07, 6.45) is 4.44. The highest BCUT2D eigenvalue weighted by atomic mass is 127. The smallest absolute Gasteiger partial charge is 0.191 e. The van der Waals surface area contributed by atoms with E-state index in [2.05, 4.69) is 32.9 Å². The van der Waals surface area contributed by atoms with Gasteiger partial charge in [-0.2, -0.15) is 5.10 Å². The second-order valence-corrected chi connectivity index (χ2v) is 8.78. The molecular weight excluding hydrogens is 477 g/mol. The van der Waals surface area contributed by atoms with Crippen LogP contribution in [0.1, 0.15) is 17.5 Å². The van der Waals surface area contributed by atoms with Crippen LogP contribution in [0.4, 0.5) is 0 Å². The molecule has 0 radical (unpaired) electrons. The maximum atomic E-state index is 11.6. The predicted octanol–water partition coefficient (Wildman–Crippen LogP) is 1.65. The molecule has 7 nitrogen and oxygen atoms in total. The molecule has 1 atom stereocenters. The molecule has 27 heavy (non-hydrogen) atoms. The first-order valence-corrected chi connectivity index (χ1v) is 10.6. The van der Waals surface area contributed by atoms with Crippen LogP contribution in [0.25, 0.3) is 0 Å². The molecule has 9 heteroatoms. The number of nitrogens with one attached hydrogen (secondary N) is 2. The highest BCUT2D eigenvalue weighted by Crippen LogP contribution is 2.17. The van der Waals surface area contributed by atoms with Crippen LogP contribution in [-0.2, 0) is 22.9 Å². The standard InChI is InChI=1S/C18H25N5O2S.HI/c1-19-18(20-11-15-7-10-26(24,25)14-15)21-12-16-5-2-3-6-17(16)13-23-9-4-8-22-23;/h2-6,8-9,15H,7,10-14H2,1H3,(H2,19,20,21);1H. The minimum Gasteiger partial charge on any atom is -0.356 e. The van der Waals surface area contributed by atoms with Gasteiger partial charge in [0.25, 0.3) is 0 Å². The Labute approximate surface area is 177 Å². The number of halogens is 1. The highest BCUT2D eigenvalue weighted by molar-refractivity contribution is 14.0. The molecule has 0 amide bonds. The molecule has 148 valence electrons. The van der Waals surface area contributed by atoms with Gasteiger partial charge >= 0.3 is 0 Å². The summed E-state index contributed by atoms with van der Waals surface area (Å²) in [5.41, 5.74) is 2.37. The van der Waals surface area contributed by atoms with Gasteiger partial charge in [0.2, 0.25) is 0 Å². The van der Waals surface area contributed by atoms with E-state index in [0.29, 0.717) is 24.8 Å². The maximum absolute atomic E-state index is 11.6. The summed E-state index contributed by atoms with van der Waals surface area (Å²) >= 11 is 0. The van der Waals surface area contributed by atoms with Crippen LogP contribution in [-0.4, -0.2) is 49.3 Å². The topological polar surface area (TPSA) is 88.4 Å². The minimum atomic E-state index is -2.84. The molecule has 1 aliphatic rings. The van der Waals surface area contributed by atoms with Crippen molar-refractivity contribution in [1.82, 2.24) is 20.4 Å². The van der Waals surface area contributed by atoms with E-state index in [-0.39, 0.29) is 35.6 Å². The largest absolute Gasteiger partial charge is 0.356 e. The van der Waals surface area contributed by atoms with Gasteiger partial charge in [0, 0.05) is 32.5 Å². The Morgan fingerprint density at radius 3 is 2.67 bits per heavy atom. The summed E-state index contributed by atoms with van der Waals surface area (Å²) < 4.78 is 25.0. The lowest BCUT2D eigenvalue weighted by molar-refractivity contribution is 0.567. The summed E-state index contributed by atoms with van der Waals surface area (Å²) in [7, 11) is -1.13. The molecule has 1 saturated heterocycles. The van der Waals surface area contributed by atoms with E-state index in [4.69, 9.17) is 0 Å². The summed E-state index contributed by atoms with van der Waals surface area (Å²) in [6.45, 7) is 1.98. The third-order valence-electron chi connectivity index (χ3n) is 4.56. The zero-order valence-corrected chi connectivity index (χ0v) is 18.5. The van der Waals surface area contributed by atoms with E-state index >= 15 is 0 Å². The Balaban J connectivity index is 0.00000261. The van der Waals surface area contributed by atoms with E-state index in [9.17, 15) is 8.42 Å². The van der Waals surface area contributed by atoms with Crippen molar-refractivity contribution in [3.63, 3.8) is 0 Å². The average Bonchev–Trinajstić information content (AvgIpc) is 3.25. The second kappa shape index (κ2) is 10.1. The first-order valence-electron chi connectivity index (χ1n) is 8.75. The zero-order valence-electron chi connectivity index (χ0n) is 15.3. The van der Waals surface area contributed by atoms with Crippen molar-refractivity contribution in [3.05, 3.63) is 53.9 Å². The van der Waals surface area contributed by atoms with E-state index in [1.807, 2.05) is 29.1 Å². The van der Waals surface area contributed by atoms with Crippen LogP contribution in [0.3, 0.4) is 0 Å². The lowest BCUT2D eigenvalue weighted by Crippen LogP contribution is -2.39. The van der Waals surface area contributed by atoms with Crippen LogP contribution in [0.15, 0.2) is 47.7 Å². The van der Waals surface area contributed by atoms with Gasteiger partial charge < -0.3 is 10.6 Å². The van der Waals surface area contributed by atoms with Crippen molar-refractivity contribution >= 4 is 39.8 Å². The summed E-state index contributed by atoms with van der Waals surface area (Å²) in [4.78, 5) is 4.23. The Kier molecular flexibility index (Phi) is 8.08. The van der Waals surface area contributed by atoms with Gasteiger partial charge in [-0.25, -0.2) is 8.42 Å². The van der Waals surface area contributed by atoms with Gasteiger partial charge in [0.1, 0.15) is 0 Å². The van der Waals surface area contributed by atoms with Crippen LogP contribution >= 0.6 is 24.0 Å². The van der Waals surface area contributed by atoms with Crippen LogP contribution in [0.2, 0.25) is 0 Å². The molecule has 0 aliphatic carbocycles. The van der Waals surface area contributed by atoms with Gasteiger partial charge in [-0.05, 0) is 29.5 Å². The summed E-state index contributed by atoms with van der Waals surface area (Å²) in [5, 5.41) is 10.8. The molecule has 2 N–H and O–H groups in total. The molecule has 1 aromatic heterocycles. The van der Waals surface area contributed by atoms with Crippen LogP contribution in [0, 0.1) is 5.92 Å².